The molecule has 0 fully saturated rings. The molecule has 6 nitrogen and oxygen atoms in total. The molecule has 0 saturated carbocycles. The number of sulfone groups is 1. The van der Waals surface area contributed by atoms with Gasteiger partial charge in [-0.3, -0.25) is 4.79 Å². The van der Waals surface area contributed by atoms with Gasteiger partial charge in [-0.2, -0.15) is 0 Å². The van der Waals surface area contributed by atoms with Crippen molar-refractivity contribution in [2.45, 2.75) is 24.4 Å². The van der Waals surface area contributed by atoms with Gasteiger partial charge >= 0.3 is 0 Å². The monoisotopic (exact) mass is 433 g/mol. The first kappa shape index (κ1) is 20.9. The van der Waals surface area contributed by atoms with Crippen molar-refractivity contribution in [3.05, 3.63) is 88.0 Å². The fraction of sp³-hybridized carbons (Fsp3) is 0.150. The van der Waals surface area contributed by atoms with E-state index < -0.39 is 32.5 Å². The molecule has 150 valence electrons. The molecular formula is C20H17ClFN3O3S. The van der Waals surface area contributed by atoms with Crippen molar-refractivity contribution in [2.24, 2.45) is 0 Å². The average molecular weight is 434 g/mol. The molecule has 0 unspecified atom stereocenters. The Morgan fingerprint density at radius 3 is 2.52 bits per heavy atom. The van der Waals surface area contributed by atoms with E-state index in [-0.39, 0.29) is 22.8 Å². The zero-order valence-electron chi connectivity index (χ0n) is 15.4. The average Bonchev–Trinajstić information content (AvgIpc) is 2.69. The summed E-state index contributed by atoms with van der Waals surface area (Å²) in [6.07, 6.45) is 1.05. The summed E-state index contributed by atoms with van der Waals surface area (Å²) in [5.74, 6) is -1.92. The second-order valence-corrected chi connectivity index (χ2v) is 8.66. The number of amides is 1. The Hall–Kier alpha value is -2.84. The fourth-order valence-electron chi connectivity index (χ4n) is 2.52. The quantitative estimate of drug-likeness (QED) is 0.601. The molecule has 0 aliphatic rings. The van der Waals surface area contributed by atoms with Gasteiger partial charge in [0.15, 0.2) is 5.69 Å². The molecule has 3 rings (SSSR count). The molecule has 0 atom stereocenters. The number of benzene rings is 2. The summed E-state index contributed by atoms with van der Waals surface area (Å²) in [6, 6.07) is 13.1. The van der Waals surface area contributed by atoms with Gasteiger partial charge in [-0.25, -0.2) is 22.8 Å². The van der Waals surface area contributed by atoms with Crippen molar-refractivity contribution < 1.29 is 17.6 Å². The van der Waals surface area contributed by atoms with E-state index in [1.54, 1.807) is 0 Å². The number of rotatable bonds is 6. The van der Waals surface area contributed by atoms with Crippen LogP contribution in [0.1, 0.15) is 27.2 Å². The lowest BCUT2D eigenvalue weighted by molar-refractivity contribution is 0.0945. The third kappa shape index (κ3) is 5.16. The normalized spacial score (nSPS) is 11.3. The molecule has 0 spiro atoms. The maximum atomic E-state index is 13.8. The summed E-state index contributed by atoms with van der Waals surface area (Å²) in [5, 5.41) is 1.97. The van der Waals surface area contributed by atoms with E-state index in [4.69, 9.17) is 11.6 Å². The number of aromatic nitrogens is 2. The van der Waals surface area contributed by atoms with Crippen LogP contribution in [0.15, 0.2) is 59.9 Å². The van der Waals surface area contributed by atoms with Crippen molar-refractivity contribution in [3.8, 4) is 0 Å². The van der Waals surface area contributed by atoms with Gasteiger partial charge in [0.1, 0.15) is 5.82 Å². The van der Waals surface area contributed by atoms with Gasteiger partial charge < -0.3 is 5.32 Å². The Morgan fingerprint density at radius 1 is 1.14 bits per heavy atom. The van der Waals surface area contributed by atoms with Crippen LogP contribution in [0.4, 0.5) is 4.39 Å². The summed E-state index contributed by atoms with van der Waals surface area (Å²) in [4.78, 5) is 20.0. The summed E-state index contributed by atoms with van der Waals surface area (Å²) < 4.78 is 39.0. The predicted octanol–water partition coefficient (Wildman–Crippen LogP) is 3.48. The molecule has 0 saturated heterocycles. The van der Waals surface area contributed by atoms with Crippen molar-refractivity contribution in [1.29, 1.82) is 0 Å². The minimum Gasteiger partial charge on any atom is -0.347 e. The molecule has 1 amide bonds. The minimum absolute atomic E-state index is 0.0172. The van der Waals surface area contributed by atoms with Crippen LogP contribution >= 0.6 is 11.6 Å². The van der Waals surface area contributed by atoms with Crippen molar-refractivity contribution >= 4 is 27.3 Å². The maximum absolute atomic E-state index is 13.8. The number of carbonyl (C=O) groups excluding carboxylic acids is 1. The Kier molecular flexibility index (Phi) is 6.24. The highest BCUT2D eigenvalue weighted by Crippen LogP contribution is 2.19. The lowest BCUT2D eigenvalue weighted by atomic mass is 10.1. The SMILES string of the molecule is Cc1ccc(CNC(=O)c2nc(S(=O)(=O)Cc3ccccc3F)ncc2Cl)cc1. The molecule has 0 bridgehead atoms. The summed E-state index contributed by atoms with van der Waals surface area (Å²) in [6.45, 7) is 2.17. The number of halogens is 2. The Labute approximate surface area is 172 Å². The molecular weight excluding hydrogens is 417 g/mol. The lowest BCUT2D eigenvalue weighted by Crippen LogP contribution is -2.25. The third-order valence-corrected chi connectivity index (χ3v) is 5.81. The molecule has 1 heterocycles. The Balaban J connectivity index is 1.80. The van der Waals surface area contributed by atoms with E-state index in [1.807, 2.05) is 31.2 Å². The second-order valence-electron chi connectivity index (χ2n) is 6.37. The molecule has 0 radical (unpaired) electrons. The van der Waals surface area contributed by atoms with Crippen LogP contribution in [0.3, 0.4) is 0 Å². The van der Waals surface area contributed by atoms with Gasteiger partial charge in [0.05, 0.1) is 17.0 Å². The summed E-state index contributed by atoms with van der Waals surface area (Å²) >= 11 is 5.99. The van der Waals surface area contributed by atoms with Crippen LogP contribution in [0.5, 0.6) is 0 Å². The van der Waals surface area contributed by atoms with Crippen molar-refractivity contribution in [1.82, 2.24) is 15.3 Å². The van der Waals surface area contributed by atoms with Gasteiger partial charge in [-0.05, 0) is 18.6 Å². The van der Waals surface area contributed by atoms with Crippen LogP contribution in [0, 0.1) is 12.7 Å². The van der Waals surface area contributed by atoms with E-state index in [0.29, 0.717) is 0 Å². The van der Waals surface area contributed by atoms with Crippen LogP contribution in [-0.4, -0.2) is 24.3 Å². The first-order valence-corrected chi connectivity index (χ1v) is 10.6. The van der Waals surface area contributed by atoms with Gasteiger partial charge in [0.2, 0.25) is 15.0 Å². The van der Waals surface area contributed by atoms with Gasteiger partial charge in [0, 0.05) is 12.1 Å². The molecule has 9 heteroatoms. The summed E-state index contributed by atoms with van der Waals surface area (Å²) in [5.41, 5.74) is 1.67. The minimum atomic E-state index is -4.08. The highest BCUT2D eigenvalue weighted by molar-refractivity contribution is 7.90. The van der Waals surface area contributed by atoms with E-state index in [2.05, 4.69) is 15.3 Å². The molecule has 2 aromatic carbocycles. The van der Waals surface area contributed by atoms with Crippen molar-refractivity contribution in [3.63, 3.8) is 0 Å². The number of nitrogens with zero attached hydrogens (tertiary/aromatic N) is 2. The van der Waals surface area contributed by atoms with Crippen LogP contribution in [-0.2, 0) is 22.1 Å². The topological polar surface area (TPSA) is 89.0 Å². The summed E-state index contributed by atoms with van der Waals surface area (Å²) in [7, 11) is -4.08. The van der Waals surface area contributed by atoms with E-state index in [9.17, 15) is 17.6 Å². The van der Waals surface area contributed by atoms with Gasteiger partial charge in [-0.15, -0.1) is 0 Å². The maximum Gasteiger partial charge on any atom is 0.271 e. The second kappa shape index (κ2) is 8.67. The lowest BCUT2D eigenvalue weighted by Gasteiger charge is -2.09. The highest BCUT2D eigenvalue weighted by Gasteiger charge is 2.24. The van der Waals surface area contributed by atoms with Crippen LogP contribution < -0.4 is 5.32 Å². The smallest absolute Gasteiger partial charge is 0.271 e. The number of hydrogen-bond donors (Lipinski definition) is 1. The molecule has 1 N–H and O–H groups in total. The molecule has 0 aliphatic heterocycles. The number of aryl methyl sites for hydroxylation is 1. The molecule has 3 aromatic rings. The van der Waals surface area contributed by atoms with Crippen molar-refractivity contribution in [2.75, 3.05) is 0 Å². The first-order chi connectivity index (χ1) is 13.8. The third-order valence-electron chi connectivity index (χ3n) is 4.09. The first-order valence-electron chi connectivity index (χ1n) is 8.59. The zero-order chi connectivity index (χ0) is 21.0. The van der Waals surface area contributed by atoms with Gasteiger partial charge in [-0.1, -0.05) is 59.6 Å². The van der Waals surface area contributed by atoms with E-state index in [0.717, 1.165) is 23.4 Å². The Bertz CT molecular complexity index is 1150. The fourth-order valence-corrected chi connectivity index (χ4v) is 3.91. The standard InChI is InChI=1S/C20H17ClFN3O3S/c1-13-6-8-14(9-7-13)10-23-19(26)18-16(21)11-24-20(25-18)29(27,28)12-15-4-2-3-5-17(15)22/h2-9,11H,10,12H2,1H3,(H,23,26). The molecule has 29 heavy (non-hydrogen) atoms. The molecule has 0 aliphatic carbocycles. The largest absolute Gasteiger partial charge is 0.347 e. The van der Waals surface area contributed by atoms with E-state index >= 15 is 0 Å². The van der Waals surface area contributed by atoms with Gasteiger partial charge in [0.25, 0.3) is 5.91 Å². The number of hydrogen-bond acceptors (Lipinski definition) is 5. The van der Waals surface area contributed by atoms with Crippen LogP contribution in [0.25, 0.3) is 0 Å². The highest BCUT2D eigenvalue weighted by atomic mass is 35.5. The predicted molar refractivity (Wildman–Crippen MR) is 107 cm³/mol. The number of carbonyl (C=O) groups is 1. The van der Waals surface area contributed by atoms with E-state index in [1.165, 1.54) is 18.2 Å². The zero-order valence-corrected chi connectivity index (χ0v) is 17.0. The van der Waals surface area contributed by atoms with Crippen LogP contribution in [0.2, 0.25) is 5.02 Å². The number of nitrogens with one attached hydrogen (secondary N) is 1. The molecule has 1 aromatic heterocycles. The Morgan fingerprint density at radius 2 is 1.83 bits per heavy atom.